The van der Waals surface area contributed by atoms with Gasteiger partial charge < -0.3 is 26.8 Å². The van der Waals surface area contributed by atoms with Gasteiger partial charge in [0.05, 0.1) is 12.0 Å². The summed E-state index contributed by atoms with van der Waals surface area (Å²) in [5.74, 6) is -1.48. The van der Waals surface area contributed by atoms with Gasteiger partial charge in [-0.2, -0.15) is 0 Å². The lowest BCUT2D eigenvalue weighted by atomic mass is 9.95. The number of pyridine rings is 1. The maximum atomic E-state index is 13.4. The highest BCUT2D eigenvalue weighted by Gasteiger charge is 2.26. The van der Waals surface area contributed by atoms with Gasteiger partial charge in [-0.15, -0.1) is 0 Å². The van der Waals surface area contributed by atoms with Gasteiger partial charge in [0.15, 0.2) is 0 Å². The first-order chi connectivity index (χ1) is 14.3. The van der Waals surface area contributed by atoms with E-state index in [-0.39, 0.29) is 12.2 Å². The predicted octanol–water partition coefficient (Wildman–Crippen LogP) is 0.891. The fourth-order valence-corrected chi connectivity index (χ4v) is 3.59. The van der Waals surface area contributed by atoms with Crippen molar-refractivity contribution in [3.05, 3.63) is 53.3 Å². The Morgan fingerprint density at radius 3 is 2.73 bits per heavy atom. The Morgan fingerprint density at radius 2 is 2.10 bits per heavy atom. The zero-order chi connectivity index (χ0) is 21.7. The van der Waals surface area contributed by atoms with Gasteiger partial charge in [-0.3, -0.25) is 9.59 Å². The van der Waals surface area contributed by atoms with E-state index in [0.717, 1.165) is 5.56 Å². The van der Waals surface area contributed by atoms with Crippen LogP contribution < -0.4 is 21.7 Å². The molecule has 1 aliphatic rings. The van der Waals surface area contributed by atoms with Crippen molar-refractivity contribution in [2.75, 3.05) is 29.9 Å². The van der Waals surface area contributed by atoms with Crippen molar-refractivity contribution in [1.29, 1.82) is 0 Å². The van der Waals surface area contributed by atoms with E-state index in [0.29, 0.717) is 49.7 Å². The van der Waals surface area contributed by atoms with E-state index in [1.165, 1.54) is 12.1 Å². The van der Waals surface area contributed by atoms with Crippen molar-refractivity contribution in [2.45, 2.75) is 31.3 Å². The summed E-state index contributed by atoms with van der Waals surface area (Å²) in [4.78, 5) is 30.0. The zero-order valence-electron chi connectivity index (χ0n) is 16.6. The lowest BCUT2D eigenvalue weighted by Gasteiger charge is -2.22. The molecule has 1 aromatic carbocycles. The number of nitrogens with zero attached hydrogens (tertiary/aromatic N) is 2. The van der Waals surface area contributed by atoms with Crippen LogP contribution in [0.3, 0.4) is 0 Å². The maximum Gasteiger partial charge on any atom is 0.225 e. The van der Waals surface area contributed by atoms with Crippen LogP contribution in [0.15, 0.2) is 36.4 Å². The lowest BCUT2D eigenvalue weighted by molar-refractivity contribution is -0.124. The van der Waals surface area contributed by atoms with E-state index in [1.54, 1.807) is 18.2 Å². The molecule has 2 heterocycles. The second kappa shape index (κ2) is 9.53. The van der Waals surface area contributed by atoms with Gasteiger partial charge >= 0.3 is 0 Å². The van der Waals surface area contributed by atoms with Crippen LogP contribution >= 0.6 is 0 Å². The van der Waals surface area contributed by atoms with E-state index in [1.807, 2.05) is 11.0 Å². The molecular formula is C21H26FN5O3. The molecule has 1 fully saturated rings. The summed E-state index contributed by atoms with van der Waals surface area (Å²) in [7, 11) is 0. The number of primary amides is 2. The van der Waals surface area contributed by atoms with Crippen LogP contribution in [0.2, 0.25) is 0 Å². The number of aliphatic hydroxyl groups excluding tert-OH is 1. The van der Waals surface area contributed by atoms with Crippen molar-refractivity contribution >= 4 is 23.5 Å². The summed E-state index contributed by atoms with van der Waals surface area (Å²) in [6.45, 7) is 1.56. The number of β-amino-alcohol motifs (C(OH)–C–C–N with tert-alkyl or cyclic N) is 1. The van der Waals surface area contributed by atoms with E-state index < -0.39 is 23.8 Å². The highest BCUT2D eigenvalue weighted by atomic mass is 19.1. The number of aromatic nitrogens is 1. The van der Waals surface area contributed by atoms with Crippen LogP contribution in [-0.2, 0) is 16.0 Å². The van der Waals surface area contributed by atoms with E-state index in [4.69, 9.17) is 11.5 Å². The summed E-state index contributed by atoms with van der Waals surface area (Å²) < 4.78 is 13.4. The number of hydrogen-bond donors (Lipinski definition) is 4. The number of rotatable bonds is 9. The number of nitrogens with one attached hydrogen (secondary N) is 1. The Morgan fingerprint density at radius 1 is 1.30 bits per heavy atom. The Kier molecular flexibility index (Phi) is 6.83. The first kappa shape index (κ1) is 21.5. The summed E-state index contributed by atoms with van der Waals surface area (Å²) in [5.41, 5.74) is 12.1. The van der Waals surface area contributed by atoms with Crippen molar-refractivity contribution in [2.24, 2.45) is 11.5 Å². The molecule has 0 bridgehead atoms. The summed E-state index contributed by atoms with van der Waals surface area (Å²) in [6.07, 6.45) is 0.543. The molecule has 0 spiro atoms. The van der Waals surface area contributed by atoms with Crippen LogP contribution in [0.1, 0.15) is 29.9 Å². The fraction of sp³-hybridized carbons (Fsp3) is 0.381. The third kappa shape index (κ3) is 5.44. The molecule has 0 aliphatic carbocycles. The molecule has 3 rings (SSSR count). The van der Waals surface area contributed by atoms with Gasteiger partial charge in [0.1, 0.15) is 17.5 Å². The zero-order valence-corrected chi connectivity index (χ0v) is 16.6. The smallest absolute Gasteiger partial charge is 0.225 e. The molecule has 1 aliphatic heterocycles. The van der Waals surface area contributed by atoms with Crippen molar-refractivity contribution in [3.8, 4) is 0 Å². The number of carbonyl (C=O) groups excluding carboxylic acids is 2. The third-order valence-electron chi connectivity index (χ3n) is 5.12. The minimum absolute atomic E-state index is 0.225. The van der Waals surface area contributed by atoms with Crippen LogP contribution in [0.25, 0.3) is 0 Å². The number of amides is 2. The fourth-order valence-electron chi connectivity index (χ4n) is 3.59. The lowest BCUT2D eigenvalue weighted by Crippen LogP contribution is -2.28. The summed E-state index contributed by atoms with van der Waals surface area (Å²) >= 11 is 0. The molecular weight excluding hydrogens is 389 g/mol. The maximum absolute atomic E-state index is 13.4. The Bertz CT molecular complexity index is 923. The molecule has 6 N–H and O–H groups in total. The summed E-state index contributed by atoms with van der Waals surface area (Å²) in [6, 6.07) is 9.74. The quantitative estimate of drug-likeness (QED) is 0.480. The second-order valence-corrected chi connectivity index (χ2v) is 7.43. The average molecular weight is 415 g/mol. The third-order valence-corrected chi connectivity index (χ3v) is 5.12. The molecule has 1 aromatic heterocycles. The number of carbonyl (C=O) groups is 2. The standard InChI is InChI=1S/C21H26FN5O3/c22-14-3-1-2-13(10-14)6-8-25-21-16(17(20(24)30)11-18(23)29)4-5-19(26-21)27-9-7-15(28)12-27/h1-5,10,15,17,28H,6-9,11-12H2,(H2,23,29)(H2,24,30)(H,25,26)/t15-,17?/m1/s1. The van der Waals surface area contributed by atoms with Gasteiger partial charge in [0.2, 0.25) is 11.8 Å². The first-order valence-electron chi connectivity index (χ1n) is 9.83. The number of aliphatic hydroxyl groups is 1. The molecule has 2 atom stereocenters. The van der Waals surface area contributed by atoms with Crippen molar-refractivity contribution in [3.63, 3.8) is 0 Å². The van der Waals surface area contributed by atoms with Crippen molar-refractivity contribution in [1.82, 2.24) is 4.98 Å². The van der Waals surface area contributed by atoms with Crippen LogP contribution in [0, 0.1) is 5.82 Å². The van der Waals surface area contributed by atoms with Gasteiger partial charge in [-0.1, -0.05) is 18.2 Å². The molecule has 1 unspecified atom stereocenters. The molecule has 30 heavy (non-hydrogen) atoms. The highest BCUT2D eigenvalue weighted by Crippen LogP contribution is 2.29. The number of hydrogen-bond acceptors (Lipinski definition) is 6. The molecule has 9 heteroatoms. The summed E-state index contributed by atoms with van der Waals surface area (Å²) in [5, 5.41) is 13.0. The van der Waals surface area contributed by atoms with Gasteiger partial charge in [0.25, 0.3) is 0 Å². The molecule has 160 valence electrons. The van der Waals surface area contributed by atoms with E-state index in [2.05, 4.69) is 10.3 Å². The van der Waals surface area contributed by atoms with Crippen LogP contribution in [-0.4, -0.2) is 47.6 Å². The Labute approximate surface area is 174 Å². The molecule has 8 nitrogen and oxygen atoms in total. The number of anilines is 2. The predicted molar refractivity (Wildman–Crippen MR) is 111 cm³/mol. The molecule has 0 radical (unpaired) electrons. The van der Waals surface area contributed by atoms with E-state index >= 15 is 0 Å². The minimum Gasteiger partial charge on any atom is -0.391 e. The monoisotopic (exact) mass is 415 g/mol. The van der Waals surface area contributed by atoms with Crippen LogP contribution in [0.4, 0.5) is 16.0 Å². The number of halogens is 1. The largest absolute Gasteiger partial charge is 0.391 e. The Hall–Kier alpha value is -3.20. The average Bonchev–Trinajstić information content (AvgIpc) is 3.12. The number of benzene rings is 1. The van der Waals surface area contributed by atoms with Gasteiger partial charge in [-0.25, -0.2) is 9.37 Å². The van der Waals surface area contributed by atoms with Crippen molar-refractivity contribution < 1.29 is 19.1 Å². The molecule has 2 amide bonds. The Balaban J connectivity index is 1.84. The van der Waals surface area contributed by atoms with Gasteiger partial charge in [0, 0.05) is 31.6 Å². The first-order valence-corrected chi connectivity index (χ1v) is 9.83. The molecule has 2 aromatic rings. The van der Waals surface area contributed by atoms with Crippen LogP contribution in [0.5, 0.6) is 0 Å². The second-order valence-electron chi connectivity index (χ2n) is 7.43. The number of nitrogens with two attached hydrogens (primary N) is 2. The highest BCUT2D eigenvalue weighted by molar-refractivity contribution is 5.89. The molecule has 1 saturated heterocycles. The molecule has 0 saturated carbocycles. The minimum atomic E-state index is -0.912. The van der Waals surface area contributed by atoms with Gasteiger partial charge in [-0.05, 0) is 36.6 Å². The SMILES string of the molecule is NC(=O)CC(C(N)=O)c1ccc(N2CC[C@@H](O)C2)nc1NCCc1cccc(F)c1. The van der Waals surface area contributed by atoms with E-state index in [9.17, 15) is 19.1 Å². The topological polar surface area (TPSA) is 135 Å². The normalized spacial score (nSPS) is 17.0.